The van der Waals surface area contributed by atoms with Crippen molar-refractivity contribution in [1.29, 1.82) is 0 Å². The first-order valence-electron chi connectivity index (χ1n) is 6.61. The molecule has 1 aliphatic carbocycles. The number of nitrogens with zero attached hydrogens (tertiary/aromatic N) is 1. The molecule has 0 atom stereocenters. The van der Waals surface area contributed by atoms with Gasteiger partial charge in [-0.05, 0) is 32.8 Å². The number of aryl methyl sites for hydroxylation is 2. The first kappa shape index (κ1) is 15.6. The van der Waals surface area contributed by atoms with Crippen LogP contribution < -0.4 is 0 Å². The lowest BCUT2D eigenvalue weighted by Gasteiger charge is -2.15. The maximum absolute atomic E-state index is 10.8. The molecule has 1 aromatic heterocycles. The van der Waals surface area contributed by atoms with Gasteiger partial charge in [-0.1, -0.05) is 13.8 Å². The Morgan fingerprint density at radius 1 is 1.44 bits per heavy atom. The molecule has 0 spiro atoms. The van der Waals surface area contributed by atoms with Crippen molar-refractivity contribution in [3.63, 3.8) is 0 Å². The molecule has 18 heavy (non-hydrogen) atoms. The molecule has 0 saturated heterocycles. The molecule has 0 N–H and O–H groups in total. The summed E-state index contributed by atoms with van der Waals surface area (Å²) >= 11 is 3.72. The number of carbonyl (C=O) groups is 1. The zero-order chi connectivity index (χ0) is 13.5. The van der Waals surface area contributed by atoms with Crippen molar-refractivity contribution in [2.24, 2.45) is 0 Å². The quantitative estimate of drug-likeness (QED) is 0.579. The van der Waals surface area contributed by atoms with Crippen molar-refractivity contribution in [3.8, 4) is 0 Å². The summed E-state index contributed by atoms with van der Waals surface area (Å²) < 4.78 is 0. The standard InChI is InChI=1S/C12H17NOS2.C2H6/c1-9-7-12(10(2)16-9)15-6-5-13(8-14)11-3-4-11;1-2/h7-8,11H,3-6H2,1-2H3;1-2H3. The highest BCUT2D eigenvalue weighted by atomic mass is 32.2. The van der Waals surface area contributed by atoms with E-state index in [-0.39, 0.29) is 0 Å². The van der Waals surface area contributed by atoms with Crippen LogP contribution in [0.15, 0.2) is 11.0 Å². The molecule has 2 nitrogen and oxygen atoms in total. The van der Waals surface area contributed by atoms with Crippen LogP contribution in [0.25, 0.3) is 0 Å². The van der Waals surface area contributed by atoms with Gasteiger partial charge in [-0.3, -0.25) is 4.79 Å². The minimum absolute atomic E-state index is 0.545. The first-order valence-corrected chi connectivity index (χ1v) is 8.42. The Kier molecular flexibility index (Phi) is 6.79. The van der Waals surface area contributed by atoms with Gasteiger partial charge in [0.2, 0.25) is 6.41 Å². The molecule has 4 heteroatoms. The fourth-order valence-corrected chi connectivity index (χ4v) is 3.92. The molecule has 0 bridgehead atoms. The summed E-state index contributed by atoms with van der Waals surface area (Å²) in [4.78, 5) is 16.9. The third-order valence-corrected chi connectivity index (χ3v) is 4.97. The smallest absolute Gasteiger partial charge is 0.209 e. The van der Waals surface area contributed by atoms with Gasteiger partial charge in [0, 0.05) is 33.0 Å². The Morgan fingerprint density at radius 3 is 2.56 bits per heavy atom. The molecule has 2 rings (SSSR count). The van der Waals surface area contributed by atoms with Gasteiger partial charge in [0.25, 0.3) is 0 Å². The zero-order valence-electron chi connectivity index (χ0n) is 11.7. The summed E-state index contributed by atoms with van der Waals surface area (Å²) in [6.07, 6.45) is 3.39. The normalized spacial score (nSPS) is 13.8. The van der Waals surface area contributed by atoms with Crippen LogP contribution in [-0.2, 0) is 4.79 Å². The average molecular weight is 285 g/mol. The largest absolute Gasteiger partial charge is 0.341 e. The third kappa shape index (κ3) is 4.65. The van der Waals surface area contributed by atoms with Gasteiger partial charge in [0.15, 0.2) is 0 Å². The first-order chi connectivity index (χ1) is 8.70. The van der Waals surface area contributed by atoms with Crippen molar-refractivity contribution >= 4 is 29.5 Å². The van der Waals surface area contributed by atoms with Crippen molar-refractivity contribution in [2.75, 3.05) is 12.3 Å². The highest BCUT2D eigenvalue weighted by Gasteiger charge is 2.27. The molecule has 1 aliphatic rings. The van der Waals surface area contributed by atoms with E-state index in [9.17, 15) is 4.79 Å². The zero-order valence-corrected chi connectivity index (χ0v) is 13.4. The van der Waals surface area contributed by atoms with Gasteiger partial charge in [-0.25, -0.2) is 0 Å². The van der Waals surface area contributed by atoms with Crippen LogP contribution in [0, 0.1) is 13.8 Å². The molecule has 0 unspecified atom stereocenters. The van der Waals surface area contributed by atoms with Crippen LogP contribution >= 0.6 is 23.1 Å². The van der Waals surface area contributed by atoms with Crippen molar-refractivity contribution < 1.29 is 4.79 Å². The average Bonchev–Trinajstić information content (AvgIpc) is 3.15. The van der Waals surface area contributed by atoms with Gasteiger partial charge in [-0.15, -0.1) is 23.1 Å². The minimum atomic E-state index is 0.545. The number of thiophene rings is 1. The highest BCUT2D eigenvalue weighted by molar-refractivity contribution is 7.99. The maximum atomic E-state index is 10.8. The molecule has 1 aromatic rings. The predicted molar refractivity (Wildman–Crippen MR) is 81.7 cm³/mol. The van der Waals surface area contributed by atoms with Crippen LogP contribution in [0.5, 0.6) is 0 Å². The Bertz CT molecular complexity index is 372. The van der Waals surface area contributed by atoms with Gasteiger partial charge >= 0.3 is 0 Å². The van der Waals surface area contributed by atoms with Crippen LogP contribution in [0.3, 0.4) is 0 Å². The Hall–Kier alpha value is -0.480. The molecule has 1 heterocycles. The summed E-state index contributed by atoms with van der Waals surface area (Å²) in [5, 5.41) is 0. The van der Waals surface area contributed by atoms with Gasteiger partial charge in [0.1, 0.15) is 0 Å². The second kappa shape index (κ2) is 7.85. The highest BCUT2D eigenvalue weighted by Crippen LogP contribution is 2.31. The molecule has 0 radical (unpaired) electrons. The SMILES string of the molecule is CC.Cc1cc(SCCN(C=O)C2CC2)c(C)s1. The van der Waals surface area contributed by atoms with E-state index in [0.717, 1.165) is 18.7 Å². The Labute approximate surface area is 119 Å². The fraction of sp³-hybridized carbons (Fsp3) is 0.643. The lowest BCUT2D eigenvalue weighted by atomic mass is 10.4. The van der Waals surface area contributed by atoms with Crippen LogP contribution in [0.2, 0.25) is 0 Å². The maximum Gasteiger partial charge on any atom is 0.209 e. The van der Waals surface area contributed by atoms with Crippen LogP contribution in [0.1, 0.15) is 36.4 Å². The molecular weight excluding hydrogens is 262 g/mol. The van der Waals surface area contributed by atoms with Gasteiger partial charge in [0.05, 0.1) is 0 Å². The van der Waals surface area contributed by atoms with Crippen LogP contribution in [-0.4, -0.2) is 29.6 Å². The minimum Gasteiger partial charge on any atom is -0.341 e. The van der Waals surface area contributed by atoms with E-state index in [4.69, 9.17) is 0 Å². The van der Waals surface area contributed by atoms with E-state index < -0.39 is 0 Å². The number of hydrogen-bond donors (Lipinski definition) is 0. The number of thioether (sulfide) groups is 1. The van der Waals surface area contributed by atoms with E-state index >= 15 is 0 Å². The summed E-state index contributed by atoms with van der Waals surface area (Å²) in [5.74, 6) is 1.01. The monoisotopic (exact) mass is 285 g/mol. The summed E-state index contributed by atoms with van der Waals surface area (Å²) in [6, 6.07) is 2.79. The van der Waals surface area contributed by atoms with E-state index in [1.165, 1.54) is 27.5 Å². The molecular formula is C14H23NOS2. The van der Waals surface area contributed by atoms with E-state index in [2.05, 4.69) is 19.9 Å². The van der Waals surface area contributed by atoms with Crippen LogP contribution in [0.4, 0.5) is 0 Å². The molecule has 0 aromatic carbocycles. The summed E-state index contributed by atoms with van der Waals surface area (Å²) in [7, 11) is 0. The Balaban J connectivity index is 0.000000771. The molecule has 102 valence electrons. The number of carbonyl (C=O) groups excluding carboxylic acids is 1. The predicted octanol–water partition coefficient (Wildman–Crippen LogP) is 4.10. The second-order valence-electron chi connectivity index (χ2n) is 4.20. The molecule has 1 amide bonds. The molecule has 1 fully saturated rings. The van der Waals surface area contributed by atoms with Crippen molar-refractivity contribution in [2.45, 2.75) is 51.5 Å². The fourth-order valence-electron chi connectivity index (χ4n) is 1.74. The molecule has 0 aliphatic heterocycles. The number of hydrogen-bond acceptors (Lipinski definition) is 3. The Morgan fingerprint density at radius 2 is 2.11 bits per heavy atom. The number of rotatable bonds is 6. The third-order valence-electron chi connectivity index (χ3n) is 2.75. The van der Waals surface area contributed by atoms with Gasteiger partial charge < -0.3 is 4.90 Å². The van der Waals surface area contributed by atoms with E-state index in [0.29, 0.717) is 6.04 Å². The van der Waals surface area contributed by atoms with Gasteiger partial charge in [-0.2, -0.15) is 0 Å². The van der Waals surface area contributed by atoms with Crippen molar-refractivity contribution in [3.05, 3.63) is 15.8 Å². The van der Waals surface area contributed by atoms with Crippen molar-refractivity contribution in [1.82, 2.24) is 4.90 Å². The summed E-state index contributed by atoms with van der Waals surface area (Å²) in [5.41, 5.74) is 0. The summed E-state index contributed by atoms with van der Waals surface area (Å²) in [6.45, 7) is 9.19. The lowest BCUT2D eigenvalue weighted by molar-refractivity contribution is -0.118. The lowest BCUT2D eigenvalue weighted by Crippen LogP contribution is -2.26. The second-order valence-corrected chi connectivity index (χ2v) is 6.80. The molecule has 1 saturated carbocycles. The topological polar surface area (TPSA) is 20.3 Å². The van der Waals surface area contributed by atoms with E-state index in [1.54, 1.807) is 0 Å². The number of amides is 1. The van der Waals surface area contributed by atoms with E-state index in [1.807, 2.05) is 41.8 Å².